The molecule has 6 heteroatoms. The Morgan fingerprint density at radius 1 is 1.03 bits per heavy atom. The highest BCUT2D eigenvalue weighted by Crippen LogP contribution is 2.37. The maximum atomic E-state index is 12.4. The molecule has 0 saturated carbocycles. The molecule has 146 valence electrons. The summed E-state index contributed by atoms with van der Waals surface area (Å²) in [4.78, 5) is 23.6. The highest BCUT2D eigenvalue weighted by Gasteiger charge is 2.44. The maximum Gasteiger partial charge on any atom is 0.330 e. The second-order valence-electron chi connectivity index (χ2n) is 7.78. The molecule has 0 amide bonds. The molecule has 0 aliphatic carbocycles. The number of pyridine rings is 1. The fraction of sp³-hybridized carbons (Fsp3) is 0.261. The molecule has 1 saturated heterocycles. The van der Waals surface area contributed by atoms with E-state index in [-0.39, 0.29) is 0 Å². The summed E-state index contributed by atoms with van der Waals surface area (Å²) >= 11 is 0. The lowest BCUT2D eigenvalue weighted by Crippen LogP contribution is -2.51. The van der Waals surface area contributed by atoms with Crippen molar-refractivity contribution in [1.82, 2.24) is 14.5 Å². The van der Waals surface area contributed by atoms with Crippen LogP contribution in [0.4, 0.5) is 5.69 Å². The number of nitrogens with zero attached hydrogens (tertiary/aromatic N) is 4. The van der Waals surface area contributed by atoms with Gasteiger partial charge in [-0.15, -0.1) is 0 Å². The third-order valence-electron chi connectivity index (χ3n) is 6.12. The normalized spacial score (nSPS) is 16.4. The van der Waals surface area contributed by atoms with Crippen molar-refractivity contribution in [2.45, 2.75) is 25.3 Å². The summed E-state index contributed by atoms with van der Waals surface area (Å²) in [6, 6.07) is 16.0. The second-order valence-corrected chi connectivity index (χ2v) is 7.78. The molecular weight excluding hydrogens is 364 g/mol. The summed E-state index contributed by atoms with van der Waals surface area (Å²) in [5, 5.41) is 11.3. The molecule has 0 spiro atoms. The van der Waals surface area contributed by atoms with Crippen molar-refractivity contribution in [2.24, 2.45) is 0 Å². The number of carboxylic acids is 1. The van der Waals surface area contributed by atoms with E-state index in [0.717, 1.165) is 27.6 Å². The Labute approximate surface area is 168 Å². The molecule has 1 N–H and O–H groups in total. The van der Waals surface area contributed by atoms with Crippen LogP contribution in [-0.2, 0) is 10.3 Å². The summed E-state index contributed by atoms with van der Waals surface area (Å²) in [7, 11) is 0. The van der Waals surface area contributed by atoms with Gasteiger partial charge in [0.1, 0.15) is 5.54 Å². The van der Waals surface area contributed by atoms with Crippen molar-refractivity contribution in [2.75, 3.05) is 18.0 Å². The van der Waals surface area contributed by atoms with E-state index in [9.17, 15) is 9.90 Å². The Balaban J connectivity index is 1.51. The predicted molar refractivity (Wildman–Crippen MR) is 113 cm³/mol. The lowest BCUT2D eigenvalue weighted by atomic mass is 9.86. The first-order chi connectivity index (χ1) is 14.1. The third kappa shape index (κ3) is 2.75. The number of aryl methyl sites for hydroxylation is 1. The van der Waals surface area contributed by atoms with Crippen LogP contribution in [0.1, 0.15) is 18.4 Å². The van der Waals surface area contributed by atoms with Gasteiger partial charge in [-0.05, 0) is 50.1 Å². The van der Waals surface area contributed by atoms with E-state index in [4.69, 9.17) is 0 Å². The Kier molecular flexibility index (Phi) is 4.01. The molecule has 4 aromatic rings. The summed E-state index contributed by atoms with van der Waals surface area (Å²) in [6.45, 7) is 3.39. The molecule has 0 atom stereocenters. The smallest absolute Gasteiger partial charge is 0.330 e. The van der Waals surface area contributed by atoms with E-state index in [2.05, 4.69) is 33.9 Å². The first kappa shape index (κ1) is 17.7. The number of imidazole rings is 1. The van der Waals surface area contributed by atoms with Gasteiger partial charge in [0.2, 0.25) is 0 Å². The number of rotatable bonds is 3. The summed E-state index contributed by atoms with van der Waals surface area (Å²) < 4.78 is 1.86. The molecule has 6 nitrogen and oxygen atoms in total. The highest BCUT2D eigenvalue weighted by molar-refractivity contribution is 5.92. The van der Waals surface area contributed by atoms with Crippen LogP contribution >= 0.6 is 0 Å². The minimum atomic E-state index is -0.981. The number of carboxylic acid groups (broad SMARTS) is 1. The number of aromatic nitrogens is 3. The zero-order valence-electron chi connectivity index (χ0n) is 16.2. The van der Waals surface area contributed by atoms with Gasteiger partial charge in [-0.25, -0.2) is 9.78 Å². The molecule has 29 heavy (non-hydrogen) atoms. The van der Waals surface area contributed by atoms with E-state index < -0.39 is 11.5 Å². The summed E-state index contributed by atoms with van der Waals surface area (Å²) in [6.07, 6.45) is 4.53. The van der Waals surface area contributed by atoms with Gasteiger partial charge in [-0.2, -0.15) is 0 Å². The highest BCUT2D eigenvalue weighted by atomic mass is 16.4. The number of carbonyl (C=O) groups is 1. The predicted octanol–water partition coefficient (Wildman–Crippen LogP) is 3.97. The van der Waals surface area contributed by atoms with E-state index in [0.29, 0.717) is 25.9 Å². The molecule has 2 aromatic heterocycles. The molecule has 5 rings (SSSR count). The first-order valence-electron chi connectivity index (χ1n) is 9.85. The molecule has 0 unspecified atom stereocenters. The van der Waals surface area contributed by atoms with Gasteiger partial charge >= 0.3 is 5.97 Å². The van der Waals surface area contributed by atoms with Crippen LogP contribution in [0.15, 0.2) is 61.1 Å². The monoisotopic (exact) mass is 386 g/mol. The Morgan fingerprint density at radius 3 is 2.62 bits per heavy atom. The minimum Gasteiger partial charge on any atom is -0.479 e. The Hall–Kier alpha value is -3.41. The van der Waals surface area contributed by atoms with Crippen molar-refractivity contribution >= 4 is 33.6 Å². The number of benzene rings is 2. The SMILES string of the molecule is Cc1ccc2nccc(N3CCC(C(=O)O)(n4cnc5ccccc54)CC3)c2c1. The van der Waals surface area contributed by atoms with Gasteiger partial charge in [0.25, 0.3) is 0 Å². The third-order valence-corrected chi connectivity index (χ3v) is 6.12. The van der Waals surface area contributed by atoms with E-state index in [1.807, 2.05) is 47.2 Å². The van der Waals surface area contributed by atoms with Gasteiger partial charge in [0.05, 0.1) is 22.9 Å². The number of para-hydroxylation sites is 2. The van der Waals surface area contributed by atoms with Crippen LogP contribution in [0.25, 0.3) is 21.9 Å². The molecule has 1 aliphatic rings. The van der Waals surface area contributed by atoms with E-state index in [1.54, 1.807) is 6.33 Å². The number of fused-ring (bicyclic) bond motifs is 2. The van der Waals surface area contributed by atoms with Gasteiger partial charge < -0.3 is 14.6 Å². The van der Waals surface area contributed by atoms with Crippen LogP contribution in [-0.4, -0.2) is 38.7 Å². The van der Waals surface area contributed by atoms with Gasteiger partial charge in [-0.1, -0.05) is 23.8 Å². The Morgan fingerprint density at radius 2 is 1.83 bits per heavy atom. The minimum absolute atomic E-state index is 0.512. The molecule has 0 bridgehead atoms. The fourth-order valence-electron chi connectivity index (χ4n) is 4.50. The number of hydrogen-bond acceptors (Lipinski definition) is 4. The summed E-state index contributed by atoms with van der Waals surface area (Å²) in [5.41, 5.74) is 3.98. The lowest BCUT2D eigenvalue weighted by molar-refractivity contribution is -0.148. The van der Waals surface area contributed by atoms with Crippen molar-refractivity contribution in [3.8, 4) is 0 Å². The number of aliphatic carboxylic acids is 1. The van der Waals surface area contributed by atoms with Gasteiger partial charge in [-0.3, -0.25) is 4.98 Å². The second kappa shape index (κ2) is 6.58. The number of piperidine rings is 1. The largest absolute Gasteiger partial charge is 0.479 e. The van der Waals surface area contributed by atoms with Crippen molar-refractivity contribution < 1.29 is 9.90 Å². The average Bonchev–Trinajstić information content (AvgIpc) is 3.18. The van der Waals surface area contributed by atoms with Crippen molar-refractivity contribution in [3.63, 3.8) is 0 Å². The average molecular weight is 386 g/mol. The molecule has 3 heterocycles. The number of hydrogen-bond donors (Lipinski definition) is 1. The lowest BCUT2D eigenvalue weighted by Gasteiger charge is -2.41. The van der Waals surface area contributed by atoms with E-state index in [1.165, 1.54) is 5.56 Å². The zero-order chi connectivity index (χ0) is 20.0. The molecule has 1 aliphatic heterocycles. The molecule has 0 radical (unpaired) electrons. The Bertz CT molecular complexity index is 1220. The number of anilines is 1. The topological polar surface area (TPSA) is 71.2 Å². The first-order valence-corrected chi connectivity index (χ1v) is 9.85. The van der Waals surface area contributed by atoms with Crippen LogP contribution in [0.2, 0.25) is 0 Å². The van der Waals surface area contributed by atoms with Crippen LogP contribution < -0.4 is 4.90 Å². The van der Waals surface area contributed by atoms with Gasteiger partial charge in [0.15, 0.2) is 0 Å². The quantitative estimate of drug-likeness (QED) is 0.577. The fourth-order valence-corrected chi connectivity index (χ4v) is 4.50. The molecule has 2 aromatic carbocycles. The standard InChI is InChI=1S/C23H22N4O2/c1-16-6-7-18-17(14-16)20(8-11-24-18)26-12-9-23(10-13-26,22(28)29)27-15-25-19-4-2-3-5-21(19)27/h2-8,11,14-15H,9-10,12-13H2,1H3,(H,28,29). The van der Waals surface area contributed by atoms with Crippen molar-refractivity contribution in [1.29, 1.82) is 0 Å². The van der Waals surface area contributed by atoms with E-state index >= 15 is 0 Å². The zero-order valence-corrected chi connectivity index (χ0v) is 16.2. The van der Waals surface area contributed by atoms with Crippen LogP contribution in [0.3, 0.4) is 0 Å². The molecular formula is C23H22N4O2. The summed E-state index contributed by atoms with van der Waals surface area (Å²) in [5.74, 6) is -0.796. The maximum absolute atomic E-state index is 12.4. The van der Waals surface area contributed by atoms with Crippen LogP contribution in [0, 0.1) is 6.92 Å². The van der Waals surface area contributed by atoms with Crippen molar-refractivity contribution in [3.05, 3.63) is 66.6 Å². The van der Waals surface area contributed by atoms with Crippen LogP contribution in [0.5, 0.6) is 0 Å². The van der Waals surface area contributed by atoms with Gasteiger partial charge in [0, 0.05) is 30.4 Å². The molecule has 1 fully saturated rings.